The van der Waals surface area contributed by atoms with Crippen LogP contribution in [0.4, 0.5) is 0 Å². The van der Waals surface area contributed by atoms with Crippen molar-refractivity contribution in [1.82, 2.24) is 10.2 Å². The number of nitrogens with zero attached hydrogens (tertiary/aromatic N) is 1. The van der Waals surface area contributed by atoms with Crippen molar-refractivity contribution in [2.75, 3.05) is 19.6 Å². The third-order valence-electron chi connectivity index (χ3n) is 4.64. The molecule has 0 saturated carbocycles. The van der Waals surface area contributed by atoms with E-state index in [1.807, 2.05) is 30.0 Å². The van der Waals surface area contributed by atoms with E-state index in [9.17, 15) is 9.59 Å². The van der Waals surface area contributed by atoms with Gasteiger partial charge in [0.2, 0.25) is 11.8 Å². The third kappa shape index (κ3) is 6.34. The maximum absolute atomic E-state index is 12.4. The summed E-state index contributed by atoms with van der Waals surface area (Å²) in [5.74, 6) is 0.789. The van der Waals surface area contributed by atoms with Crippen molar-refractivity contribution >= 4 is 11.8 Å². The number of carbonyl (C=O) groups excluding carboxylic acids is 2. The molecule has 0 radical (unpaired) electrons. The lowest BCUT2D eigenvalue weighted by atomic mass is 9.97. The molecule has 1 N–H and O–H groups in total. The number of hydrogen-bond acceptors (Lipinski definition) is 2. The molecule has 1 aromatic rings. The van der Waals surface area contributed by atoms with Crippen LogP contribution in [0.5, 0.6) is 0 Å². The van der Waals surface area contributed by atoms with Gasteiger partial charge in [0.1, 0.15) is 0 Å². The summed E-state index contributed by atoms with van der Waals surface area (Å²) in [5, 5.41) is 3.00. The van der Waals surface area contributed by atoms with Crippen molar-refractivity contribution in [2.45, 2.75) is 51.9 Å². The Kier molecular flexibility index (Phi) is 7.80. The fraction of sp³-hybridized carbons (Fsp3) is 0.600. The molecule has 4 nitrogen and oxygen atoms in total. The lowest BCUT2D eigenvalue weighted by molar-refractivity contribution is -0.133. The highest BCUT2D eigenvalue weighted by molar-refractivity contribution is 5.76. The number of piperidine rings is 1. The average Bonchev–Trinajstić information content (AvgIpc) is 2.61. The maximum Gasteiger partial charge on any atom is 0.222 e. The quantitative estimate of drug-likeness (QED) is 0.796. The molecule has 0 unspecified atom stereocenters. The van der Waals surface area contributed by atoms with Gasteiger partial charge in [-0.1, -0.05) is 37.3 Å². The van der Waals surface area contributed by atoms with Crippen molar-refractivity contribution in [1.29, 1.82) is 0 Å². The van der Waals surface area contributed by atoms with Crippen LogP contribution in [0.1, 0.15) is 51.0 Å². The Hall–Kier alpha value is -1.84. The van der Waals surface area contributed by atoms with Crippen LogP contribution in [-0.2, 0) is 16.0 Å². The van der Waals surface area contributed by atoms with Gasteiger partial charge in [0.15, 0.2) is 0 Å². The van der Waals surface area contributed by atoms with E-state index >= 15 is 0 Å². The van der Waals surface area contributed by atoms with Crippen LogP contribution in [0.2, 0.25) is 0 Å². The number of amides is 2. The topological polar surface area (TPSA) is 49.4 Å². The van der Waals surface area contributed by atoms with Crippen molar-refractivity contribution in [3.05, 3.63) is 35.9 Å². The van der Waals surface area contributed by atoms with Crippen LogP contribution in [0.15, 0.2) is 30.3 Å². The molecule has 1 aliphatic rings. The summed E-state index contributed by atoms with van der Waals surface area (Å²) in [4.78, 5) is 26.0. The smallest absolute Gasteiger partial charge is 0.222 e. The highest BCUT2D eigenvalue weighted by atomic mass is 16.2. The molecule has 0 aliphatic carbocycles. The summed E-state index contributed by atoms with van der Waals surface area (Å²) in [6.07, 6.45) is 6.08. The first kappa shape index (κ1) is 18.5. The van der Waals surface area contributed by atoms with E-state index in [2.05, 4.69) is 17.4 Å². The zero-order chi connectivity index (χ0) is 17.2. The number of rotatable bonds is 8. The first-order chi connectivity index (χ1) is 11.7. The maximum atomic E-state index is 12.4. The van der Waals surface area contributed by atoms with Gasteiger partial charge in [-0.3, -0.25) is 9.59 Å². The first-order valence-electron chi connectivity index (χ1n) is 9.27. The molecule has 2 amide bonds. The Morgan fingerprint density at radius 3 is 2.75 bits per heavy atom. The van der Waals surface area contributed by atoms with Crippen molar-refractivity contribution in [2.24, 2.45) is 5.92 Å². The Balaban J connectivity index is 1.69. The third-order valence-corrected chi connectivity index (χ3v) is 4.64. The van der Waals surface area contributed by atoms with Crippen molar-refractivity contribution < 1.29 is 9.59 Å². The SMILES string of the molecule is CCCC(=O)NC[C@@H]1CCCN(C(=O)CCCc2ccccc2)C1. The largest absolute Gasteiger partial charge is 0.356 e. The predicted octanol–water partition coefficient (Wildman–Crippen LogP) is 3.16. The first-order valence-corrected chi connectivity index (χ1v) is 9.27. The molecule has 1 fully saturated rings. The summed E-state index contributed by atoms with van der Waals surface area (Å²) in [6, 6.07) is 10.3. The van der Waals surface area contributed by atoms with Gasteiger partial charge in [0, 0.05) is 32.5 Å². The summed E-state index contributed by atoms with van der Waals surface area (Å²) >= 11 is 0. The van der Waals surface area contributed by atoms with Gasteiger partial charge in [0.05, 0.1) is 0 Å². The minimum atomic E-state index is 0.129. The molecule has 0 aromatic heterocycles. The van der Waals surface area contributed by atoms with E-state index in [0.29, 0.717) is 25.3 Å². The number of carbonyl (C=O) groups is 2. The van der Waals surface area contributed by atoms with Crippen LogP contribution >= 0.6 is 0 Å². The van der Waals surface area contributed by atoms with Gasteiger partial charge in [-0.05, 0) is 43.6 Å². The molecule has 1 saturated heterocycles. The second-order valence-corrected chi connectivity index (χ2v) is 6.74. The predicted molar refractivity (Wildman–Crippen MR) is 96.6 cm³/mol. The monoisotopic (exact) mass is 330 g/mol. The van der Waals surface area contributed by atoms with E-state index in [-0.39, 0.29) is 11.8 Å². The molecule has 4 heteroatoms. The van der Waals surface area contributed by atoms with Crippen molar-refractivity contribution in [3.63, 3.8) is 0 Å². The van der Waals surface area contributed by atoms with Gasteiger partial charge < -0.3 is 10.2 Å². The van der Waals surface area contributed by atoms with Crippen LogP contribution < -0.4 is 5.32 Å². The Morgan fingerprint density at radius 1 is 1.21 bits per heavy atom. The second kappa shape index (κ2) is 10.1. The zero-order valence-corrected chi connectivity index (χ0v) is 14.8. The number of likely N-dealkylation sites (tertiary alicyclic amines) is 1. The van der Waals surface area contributed by atoms with Gasteiger partial charge in [0.25, 0.3) is 0 Å². The summed E-state index contributed by atoms with van der Waals surface area (Å²) < 4.78 is 0. The normalized spacial score (nSPS) is 17.5. The van der Waals surface area contributed by atoms with E-state index < -0.39 is 0 Å². The van der Waals surface area contributed by atoms with Crippen molar-refractivity contribution in [3.8, 4) is 0 Å². The molecule has 2 rings (SSSR count). The highest BCUT2D eigenvalue weighted by Crippen LogP contribution is 2.17. The van der Waals surface area contributed by atoms with E-state index in [0.717, 1.165) is 45.2 Å². The van der Waals surface area contributed by atoms with E-state index in [4.69, 9.17) is 0 Å². The molecule has 132 valence electrons. The molecule has 1 heterocycles. The van der Waals surface area contributed by atoms with Gasteiger partial charge >= 0.3 is 0 Å². The number of aryl methyl sites for hydroxylation is 1. The molecule has 1 atom stereocenters. The number of benzene rings is 1. The summed E-state index contributed by atoms with van der Waals surface area (Å²) in [6.45, 7) is 4.36. The minimum absolute atomic E-state index is 0.129. The molecule has 1 aliphatic heterocycles. The zero-order valence-electron chi connectivity index (χ0n) is 14.8. The van der Waals surface area contributed by atoms with Gasteiger partial charge in [-0.15, -0.1) is 0 Å². The fourth-order valence-corrected chi connectivity index (χ4v) is 3.28. The molecular formula is C20H30N2O2. The average molecular weight is 330 g/mol. The Labute approximate surface area is 145 Å². The molecule has 24 heavy (non-hydrogen) atoms. The fourth-order valence-electron chi connectivity index (χ4n) is 3.28. The van der Waals surface area contributed by atoms with Gasteiger partial charge in [-0.2, -0.15) is 0 Å². The Morgan fingerprint density at radius 2 is 2.00 bits per heavy atom. The molecule has 0 spiro atoms. The van der Waals surface area contributed by atoms with Crippen LogP contribution in [0.3, 0.4) is 0 Å². The standard InChI is InChI=1S/C20H30N2O2/c1-2-8-19(23)21-15-18-12-7-14-22(16-18)20(24)13-6-11-17-9-4-3-5-10-17/h3-5,9-10,18H,2,6-8,11-16H2,1H3,(H,21,23)/t18-/m0/s1. The lowest BCUT2D eigenvalue weighted by Gasteiger charge is -2.33. The summed E-state index contributed by atoms with van der Waals surface area (Å²) in [5.41, 5.74) is 1.29. The molecular weight excluding hydrogens is 300 g/mol. The van der Waals surface area contributed by atoms with E-state index in [1.165, 1.54) is 5.56 Å². The highest BCUT2D eigenvalue weighted by Gasteiger charge is 2.23. The summed E-state index contributed by atoms with van der Waals surface area (Å²) in [7, 11) is 0. The van der Waals surface area contributed by atoms with Crippen LogP contribution in [-0.4, -0.2) is 36.3 Å². The second-order valence-electron chi connectivity index (χ2n) is 6.74. The van der Waals surface area contributed by atoms with Crippen LogP contribution in [0.25, 0.3) is 0 Å². The minimum Gasteiger partial charge on any atom is -0.356 e. The number of nitrogens with one attached hydrogen (secondary N) is 1. The lowest BCUT2D eigenvalue weighted by Crippen LogP contribution is -2.43. The van der Waals surface area contributed by atoms with E-state index in [1.54, 1.807) is 0 Å². The van der Waals surface area contributed by atoms with Crippen LogP contribution in [0, 0.1) is 5.92 Å². The Bertz CT molecular complexity index is 516. The molecule has 1 aromatic carbocycles. The van der Waals surface area contributed by atoms with Gasteiger partial charge in [-0.25, -0.2) is 0 Å². The molecule has 0 bridgehead atoms. The number of hydrogen-bond donors (Lipinski definition) is 1.